The second kappa shape index (κ2) is 4.81. The minimum absolute atomic E-state index is 0.865. The predicted octanol–water partition coefficient (Wildman–Crippen LogP) is 4.40. The molecule has 0 aliphatic heterocycles. The van der Waals surface area contributed by atoms with Crippen molar-refractivity contribution in [3.8, 4) is 0 Å². The Hall–Kier alpha value is -2.22. The van der Waals surface area contributed by atoms with Gasteiger partial charge in [-0.1, -0.05) is 18.2 Å². The zero-order valence-corrected chi connectivity index (χ0v) is 11.3. The molecule has 2 aromatic carbocycles. The highest BCUT2D eigenvalue weighted by atomic mass is 14.9. The van der Waals surface area contributed by atoms with Crippen LogP contribution in [0.4, 0.5) is 5.69 Å². The van der Waals surface area contributed by atoms with Gasteiger partial charge in [-0.15, -0.1) is 0 Å². The standard InChI is InChI=1S/C17H18N2/c1-12-4-3-5-15(13(12)2)11-19-16-6-7-17-14(10-16)8-9-18-17/h3-10,18-19H,11H2,1-2H3. The summed E-state index contributed by atoms with van der Waals surface area (Å²) >= 11 is 0. The van der Waals surface area contributed by atoms with Crippen LogP contribution in [0.3, 0.4) is 0 Å². The lowest BCUT2D eigenvalue weighted by atomic mass is 10.0. The number of fused-ring (bicyclic) bond motifs is 1. The molecule has 1 aromatic heterocycles. The van der Waals surface area contributed by atoms with Crippen LogP contribution in [0.15, 0.2) is 48.7 Å². The molecule has 2 N–H and O–H groups in total. The number of anilines is 1. The van der Waals surface area contributed by atoms with Crippen LogP contribution in [0.1, 0.15) is 16.7 Å². The fourth-order valence-electron chi connectivity index (χ4n) is 2.36. The molecule has 1 heterocycles. The van der Waals surface area contributed by atoms with E-state index in [9.17, 15) is 0 Å². The van der Waals surface area contributed by atoms with Gasteiger partial charge in [-0.05, 0) is 54.8 Å². The highest BCUT2D eigenvalue weighted by molar-refractivity contribution is 5.82. The zero-order valence-electron chi connectivity index (χ0n) is 11.3. The molecule has 96 valence electrons. The Morgan fingerprint density at radius 2 is 1.95 bits per heavy atom. The van der Waals surface area contributed by atoms with Gasteiger partial charge >= 0.3 is 0 Å². The first kappa shape index (κ1) is 11.8. The molecule has 3 aromatic rings. The van der Waals surface area contributed by atoms with E-state index >= 15 is 0 Å². The summed E-state index contributed by atoms with van der Waals surface area (Å²) in [6, 6.07) is 15.0. The summed E-state index contributed by atoms with van der Waals surface area (Å²) in [4.78, 5) is 3.21. The number of hydrogen-bond acceptors (Lipinski definition) is 1. The van der Waals surface area contributed by atoms with E-state index in [0.717, 1.165) is 12.2 Å². The molecule has 19 heavy (non-hydrogen) atoms. The summed E-state index contributed by atoms with van der Waals surface area (Å²) in [5.41, 5.74) is 6.41. The zero-order chi connectivity index (χ0) is 13.2. The number of H-pyrrole nitrogens is 1. The highest BCUT2D eigenvalue weighted by Crippen LogP contribution is 2.19. The molecule has 0 saturated heterocycles. The van der Waals surface area contributed by atoms with Gasteiger partial charge in [0, 0.05) is 29.3 Å². The van der Waals surface area contributed by atoms with Crippen molar-refractivity contribution in [3.05, 3.63) is 65.4 Å². The van der Waals surface area contributed by atoms with Crippen LogP contribution < -0.4 is 5.32 Å². The molecule has 3 rings (SSSR count). The quantitative estimate of drug-likeness (QED) is 0.708. The van der Waals surface area contributed by atoms with Crippen molar-refractivity contribution in [1.82, 2.24) is 4.98 Å². The summed E-state index contributed by atoms with van der Waals surface area (Å²) in [6.07, 6.45) is 1.97. The van der Waals surface area contributed by atoms with E-state index in [1.54, 1.807) is 0 Å². The van der Waals surface area contributed by atoms with Crippen LogP contribution in [0.2, 0.25) is 0 Å². The fourth-order valence-corrected chi connectivity index (χ4v) is 2.36. The van der Waals surface area contributed by atoms with Gasteiger partial charge in [0.1, 0.15) is 0 Å². The Labute approximate surface area is 113 Å². The van der Waals surface area contributed by atoms with Crippen LogP contribution >= 0.6 is 0 Å². The molecule has 0 atom stereocenters. The molecule has 2 nitrogen and oxygen atoms in total. The maximum atomic E-state index is 3.50. The third-order valence-electron chi connectivity index (χ3n) is 3.75. The average molecular weight is 250 g/mol. The lowest BCUT2D eigenvalue weighted by Crippen LogP contribution is -2.02. The largest absolute Gasteiger partial charge is 0.381 e. The first-order valence-corrected chi connectivity index (χ1v) is 6.60. The maximum Gasteiger partial charge on any atom is 0.0455 e. The van der Waals surface area contributed by atoms with Crippen LogP contribution in [0.5, 0.6) is 0 Å². The third-order valence-corrected chi connectivity index (χ3v) is 3.75. The maximum absolute atomic E-state index is 3.50. The van der Waals surface area contributed by atoms with Crippen LogP contribution in [-0.4, -0.2) is 4.98 Å². The number of aromatic amines is 1. The summed E-state index contributed by atoms with van der Waals surface area (Å²) in [7, 11) is 0. The number of aromatic nitrogens is 1. The lowest BCUT2D eigenvalue weighted by molar-refractivity contribution is 1.10. The predicted molar refractivity (Wildman–Crippen MR) is 81.5 cm³/mol. The molecule has 2 heteroatoms. The van der Waals surface area contributed by atoms with Crippen LogP contribution in [-0.2, 0) is 6.54 Å². The van der Waals surface area contributed by atoms with E-state index in [1.165, 1.54) is 27.6 Å². The normalized spacial score (nSPS) is 10.8. The number of hydrogen-bond donors (Lipinski definition) is 2. The van der Waals surface area contributed by atoms with Crippen molar-refractivity contribution < 1.29 is 0 Å². The van der Waals surface area contributed by atoms with Gasteiger partial charge in [-0.2, -0.15) is 0 Å². The van der Waals surface area contributed by atoms with Gasteiger partial charge in [0.25, 0.3) is 0 Å². The fraction of sp³-hybridized carbons (Fsp3) is 0.176. The SMILES string of the molecule is Cc1cccc(CNc2ccc3[nH]ccc3c2)c1C. The minimum atomic E-state index is 0.865. The lowest BCUT2D eigenvalue weighted by Gasteiger charge is -2.11. The Morgan fingerprint density at radius 3 is 2.84 bits per heavy atom. The van der Waals surface area contributed by atoms with Gasteiger partial charge in [0.2, 0.25) is 0 Å². The van der Waals surface area contributed by atoms with Crippen molar-refractivity contribution >= 4 is 16.6 Å². The molecule has 0 aliphatic carbocycles. The average Bonchev–Trinajstić information content (AvgIpc) is 2.88. The summed E-state index contributed by atoms with van der Waals surface area (Å²) in [6.45, 7) is 5.20. The number of rotatable bonds is 3. The molecule has 0 fully saturated rings. The molecule has 0 saturated carbocycles. The summed E-state index contributed by atoms with van der Waals surface area (Å²) in [5.74, 6) is 0. The van der Waals surface area contributed by atoms with E-state index < -0.39 is 0 Å². The third kappa shape index (κ3) is 2.34. The van der Waals surface area contributed by atoms with Gasteiger partial charge in [0.05, 0.1) is 0 Å². The Kier molecular flexibility index (Phi) is 3.00. The van der Waals surface area contributed by atoms with Crippen molar-refractivity contribution in [3.63, 3.8) is 0 Å². The number of nitrogens with one attached hydrogen (secondary N) is 2. The molecule has 0 unspecified atom stereocenters. The smallest absolute Gasteiger partial charge is 0.0455 e. The Bertz CT molecular complexity index is 710. The Morgan fingerprint density at radius 1 is 1.05 bits per heavy atom. The first-order chi connectivity index (χ1) is 9.24. The van der Waals surface area contributed by atoms with Gasteiger partial charge in [-0.25, -0.2) is 0 Å². The van der Waals surface area contributed by atoms with E-state index in [1.807, 2.05) is 6.20 Å². The van der Waals surface area contributed by atoms with Crippen molar-refractivity contribution in [1.29, 1.82) is 0 Å². The van der Waals surface area contributed by atoms with E-state index in [-0.39, 0.29) is 0 Å². The van der Waals surface area contributed by atoms with Gasteiger partial charge in [-0.3, -0.25) is 0 Å². The molecule has 0 spiro atoms. The first-order valence-electron chi connectivity index (χ1n) is 6.60. The number of benzene rings is 2. The van der Waals surface area contributed by atoms with E-state index in [0.29, 0.717) is 0 Å². The monoisotopic (exact) mass is 250 g/mol. The topological polar surface area (TPSA) is 27.8 Å². The highest BCUT2D eigenvalue weighted by Gasteiger charge is 2.01. The molecule has 0 amide bonds. The molecule has 0 aliphatic rings. The number of aryl methyl sites for hydroxylation is 1. The summed E-state index contributed by atoms with van der Waals surface area (Å²) < 4.78 is 0. The molecular weight excluding hydrogens is 232 g/mol. The van der Waals surface area contributed by atoms with Crippen molar-refractivity contribution in [2.45, 2.75) is 20.4 Å². The molecular formula is C17H18N2. The second-order valence-corrected chi connectivity index (χ2v) is 4.99. The second-order valence-electron chi connectivity index (χ2n) is 4.99. The summed E-state index contributed by atoms with van der Waals surface area (Å²) in [5, 5.41) is 4.74. The van der Waals surface area contributed by atoms with Gasteiger partial charge < -0.3 is 10.3 Å². The minimum Gasteiger partial charge on any atom is -0.381 e. The molecule has 0 radical (unpaired) electrons. The van der Waals surface area contributed by atoms with E-state index in [2.05, 4.69) is 66.6 Å². The van der Waals surface area contributed by atoms with Crippen molar-refractivity contribution in [2.24, 2.45) is 0 Å². The molecule has 0 bridgehead atoms. The van der Waals surface area contributed by atoms with Crippen molar-refractivity contribution in [2.75, 3.05) is 5.32 Å². The van der Waals surface area contributed by atoms with Crippen LogP contribution in [0.25, 0.3) is 10.9 Å². The van der Waals surface area contributed by atoms with Gasteiger partial charge in [0.15, 0.2) is 0 Å². The van der Waals surface area contributed by atoms with Crippen LogP contribution in [0, 0.1) is 13.8 Å². The van der Waals surface area contributed by atoms with E-state index in [4.69, 9.17) is 0 Å². The Balaban J connectivity index is 1.80.